The fraction of sp³-hybridized carbons (Fsp3) is 0.667. The van der Waals surface area contributed by atoms with E-state index in [0.717, 1.165) is 0 Å². The zero-order chi connectivity index (χ0) is 7.11. The first-order chi connectivity index (χ1) is 4.31. The van der Waals surface area contributed by atoms with Crippen molar-refractivity contribution in [3.05, 3.63) is 12.8 Å². The third-order valence-electron chi connectivity index (χ3n) is 0.998. The van der Waals surface area contributed by atoms with Crippen LogP contribution in [0.4, 0.5) is 0 Å². The summed E-state index contributed by atoms with van der Waals surface area (Å²) in [6, 6.07) is 0. The van der Waals surface area contributed by atoms with Crippen LogP contribution in [0.25, 0.3) is 0 Å². The van der Waals surface area contributed by atoms with Gasteiger partial charge in [-0.2, -0.15) is 0 Å². The topological polar surface area (TPSA) is 58.3 Å². The molecular formula is C6H14N2O. The lowest BCUT2D eigenvalue weighted by Crippen LogP contribution is -2.25. The van der Waals surface area contributed by atoms with E-state index in [0.29, 0.717) is 19.5 Å². The Labute approximate surface area is 55.6 Å². The second kappa shape index (κ2) is 5.59. The van der Waals surface area contributed by atoms with Gasteiger partial charge >= 0.3 is 0 Å². The van der Waals surface area contributed by atoms with Gasteiger partial charge in [0.2, 0.25) is 0 Å². The molecule has 0 spiro atoms. The highest BCUT2D eigenvalue weighted by Gasteiger charge is 1.98. The summed E-state index contributed by atoms with van der Waals surface area (Å²) < 4.78 is 0. The van der Waals surface area contributed by atoms with Crippen molar-refractivity contribution in [2.45, 2.75) is 12.5 Å². The monoisotopic (exact) mass is 130 g/mol. The van der Waals surface area contributed by atoms with Crippen LogP contribution in [0.5, 0.6) is 0 Å². The number of hydrogen-bond donors (Lipinski definition) is 3. The summed E-state index contributed by atoms with van der Waals surface area (Å²) in [5.74, 6) is 0. The van der Waals surface area contributed by atoms with Crippen molar-refractivity contribution in [2.75, 3.05) is 13.1 Å². The quantitative estimate of drug-likeness (QED) is 0.467. The zero-order valence-corrected chi connectivity index (χ0v) is 5.51. The predicted octanol–water partition coefficient (Wildman–Crippen LogP) is -0.571. The van der Waals surface area contributed by atoms with Gasteiger partial charge in [-0.05, 0) is 19.2 Å². The third-order valence-corrected chi connectivity index (χ3v) is 0.998. The Balaban J connectivity index is 3.04. The maximum atomic E-state index is 8.99. The van der Waals surface area contributed by atoms with Crippen molar-refractivity contribution in [1.29, 1.82) is 0 Å². The van der Waals surface area contributed by atoms with Gasteiger partial charge in [-0.15, -0.1) is 0 Å². The number of aliphatic hydroxyl groups is 1. The van der Waals surface area contributed by atoms with Gasteiger partial charge in [-0.25, -0.2) is 0 Å². The first-order valence-corrected chi connectivity index (χ1v) is 3.03. The lowest BCUT2D eigenvalue weighted by atomic mass is 10.2. The number of nitrogens with one attached hydrogen (secondary N) is 1. The van der Waals surface area contributed by atoms with E-state index in [9.17, 15) is 0 Å². The molecule has 3 heteroatoms. The maximum absolute atomic E-state index is 8.99. The second-order valence-electron chi connectivity index (χ2n) is 1.84. The van der Waals surface area contributed by atoms with Gasteiger partial charge in [0, 0.05) is 6.54 Å². The molecule has 1 atom stereocenters. The molecule has 0 aromatic rings. The number of rotatable bonds is 5. The van der Waals surface area contributed by atoms with Gasteiger partial charge in [-0.1, -0.05) is 6.58 Å². The van der Waals surface area contributed by atoms with Crippen LogP contribution in [0.2, 0.25) is 0 Å². The van der Waals surface area contributed by atoms with Crippen LogP contribution in [0, 0.1) is 0 Å². The van der Waals surface area contributed by atoms with Gasteiger partial charge in [0.15, 0.2) is 0 Å². The molecule has 54 valence electrons. The van der Waals surface area contributed by atoms with E-state index in [1.807, 2.05) is 0 Å². The highest BCUT2D eigenvalue weighted by molar-refractivity contribution is 4.67. The molecule has 0 bridgehead atoms. The summed E-state index contributed by atoms with van der Waals surface area (Å²) in [4.78, 5) is 0. The summed E-state index contributed by atoms with van der Waals surface area (Å²) in [6.45, 7) is 4.51. The first kappa shape index (κ1) is 8.46. The number of nitrogens with two attached hydrogens (primary N) is 1. The highest BCUT2D eigenvalue weighted by Crippen LogP contribution is 1.84. The molecule has 4 N–H and O–H groups in total. The van der Waals surface area contributed by atoms with Crippen LogP contribution in [0.15, 0.2) is 12.8 Å². The van der Waals surface area contributed by atoms with Crippen LogP contribution in [0.1, 0.15) is 6.42 Å². The highest BCUT2D eigenvalue weighted by atomic mass is 16.3. The fourth-order valence-corrected chi connectivity index (χ4v) is 0.514. The Morgan fingerprint density at radius 1 is 1.78 bits per heavy atom. The lowest BCUT2D eigenvalue weighted by Gasteiger charge is -2.07. The van der Waals surface area contributed by atoms with E-state index < -0.39 is 0 Å². The summed E-state index contributed by atoms with van der Waals surface area (Å²) in [7, 11) is 0. The molecular weight excluding hydrogens is 116 g/mol. The van der Waals surface area contributed by atoms with Gasteiger partial charge in [0.1, 0.15) is 0 Å². The predicted molar refractivity (Wildman–Crippen MR) is 37.9 cm³/mol. The largest absolute Gasteiger partial charge is 0.391 e. The Morgan fingerprint density at radius 2 is 2.44 bits per heavy atom. The molecule has 0 amide bonds. The summed E-state index contributed by atoms with van der Waals surface area (Å²) in [6.07, 6.45) is 1.86. The smallest absolute Gasteiger partial charge is 0.0724 e. The molecule has 0 aliphatic heterocycles. The number of hydrogen-bond acceptors (Lipinski definition) is 3. The molecule has 3 nitrogen and oxygen atoms in total. The molecule has 0 saturated heterocycles. The van der Waals surface area contributed by atoms with Gasteiger partial charge < -0.3 is 16.2 Å². The van der Waals surface area contributed by atoms with Crippen molar-refractivity contribution in [1.82, 2.24) is 5.32 Å². The normalized spacial score (nSPS) is 12.7. The Hall–Kier alpha value is -0.540. The van der Waals surface area contributed by atoms with Gasteiger partial charge in [-0.3, -0.25) is 0 Å². The van der Waals surface area contributed by atoms with E-state index in [1.165, 1.54) is 0 Å². The molecule has 0 saturated carbocycles. The Kier molecular flexibility index (Phi) is 5.26. The molecule has 0 heterocycles. The third kappa shape index (κ3) is 5.33. The van der Waals surface area contributed by atoms with E-state index in [2.05, 4.69) is 11.9 Å². The minimum Gasteiger partial charge on any atom is -0.391 e. The Bertz CT molecular complexity index is 75.5. The molecule has 0 aliphatic rings. The average Bonchev–Trinajstić information content (AvgIpc) is 1.85. The van der Waals surface area contributed by atoms with Crippen molar-refractivity contribution in [3.8, 4) is 0 Å². The van der Waals surface area contributed by atoms with Crippen LogP contribution < -0.4 is 11.1 Å². The van der Waals surface area contributed by atoms with Crippen molar-refractivity contribution in [3.63, 3.8) is 0 Å². The zero-order valence-electron chi connectivity index (χ0n) is 5.51. The van der Waals surface area contributed by atoms with Gasteiger partial charge in [0.05, 0.1) is 6.10 Å². The van der Waals surface area contributed by atoms with Crippen LogP contribution in [-0.2, 0) is 0 Å². The second-order valence-corrected chi connectivity index (χ2v) is 1.84. The Morgan fingerprint density at radius 3 is 2.89 bits per heavy atom. The summed E-state index contributed by atoms with van der Waals surface area (Å²) >= 11 is 0. The van der Waals surface area contributed by atoms with Crippen molar-refractivity contribution >= 4 is 0 Å². The molecule has 0 aromatic heterocycles. The maximum Gasteiger partial charge on any atom is 0.0724 e. The van der Waals surface area contributed by atoms with E-state index >= 15 is 0 Å². The minimum atomic E-state index is -0.340. The van der Waals surface area contributed by atoms with Crippen LogP contribution in [0.3, 0.4) is 0 Å². The van der Waals surface area contributed by atoms with E-state index in [-0.39, 0.29) is 6.10 Å². The molecule has 9 heavy (non-hydrogen) atoms. The fourth-order valence-electron chi connectivity index (χ4n) is 0.514. The summed E-state index contributed by atoms with van der Waals surface area (Å²) in [5.41, 5.74) is 5.19. The summed E-state index contributed by atoms with van der Waals surface area (Å²) in [5, 5.41) is 11.8. The van der Waals surface area contributed by atoms with Crippen LogP contribution in [-0.4, -0.2) is 24.3 Å². The number of aliphatic hydroxyl groups excluding tert-OH is 1. The van der Waals surface area contributed by atoms with E-state index in [1.54, 1.807) is 6.20 Å². The van der Waals surface area contributed by atoms with Crippen molar-refractivity contribution < 1.29 is 5.11 Å². The molecule has 0 rings (SSSR count). The molecule has 1 unspecified atom stereocenters. The molecule has 0 aromatic carbocycles. The lowest BCUT2D eigenvalue weighted by molar-refractivity contribution is 0.169. The standard InChI is InChI=1S/C6H14N2O/c1-2-8-5-6(9)3-4-7/h2,6,8-9H,1,3-5,7H2. The van der Waals surface area contributed by atoms with Crippen LogP contribution >= 0.6 is 0 Å². The van der Waals surface area contributed by atoms with Gasteiger partial charge in [0.25, 0.3) is 0 Å². The molecule has 0 fully saturated rings. The van der Waals surface area contributed by atoms with Crippen molar-refractivity contribution in [2.24, 2.45) is 5.73 Å². The average molecular weight is 130 g/mol. The molecule has 0 radical (unpaired) electrons. The first-order valence-electron chi connectivity index (χ1n) is 3.03. The van der Waals surface area contributed by atoms with E-state index in [4.69, 9.17) is 10.8 Å². The minimum absolute atomic E-state index is 0.340. The molecule has 0 aliphatic carbocycles. The SMILES string of the molecule is C=CNCC(O)CCN.